The lowest BCUT2D eigenvalue weighted by molar-refractivity contribution is -0.139. The van der Waals surface area contributed by atoms with Gasteiger partial charge in [-0.3, -0.25) is 4.79 Å². The number of fused-ring (bicyclic) bond motifs is 3. The second kappa shape index (κ2) is 10.6. The van der Waals surface area contributed by atoms with Crippen molar-refractivity contribution in [3.8, 4) is 27.7 Å². The third-order valence-electron chi connectivity index (χ3n) is 6.62. The van der Waals surface area contributed by atoms with Gasteiger partial charge in [0.25, 0.3) is 0 Å². The standard InChI is InChI=1S/C32H24N2O5S/c33-32(37)24-8-4-9-25-30(24)31-26(16-21(28-10-5-15-40-28)17-27(31)38-19-29(35)36)34(25)18-20-11-13-23(14-12-20)39-22-6-2-1-3-7-22/h1-17H,18-19H2,(H2,33,37)(H,35,36). The summed E-state index contributed by atoms with van der Waals surface area (Å²) in [7, 11) is 0. The van der Waals surface area contributed by atoms with Crippen molar-refractivity contribution in [2.24, 2.45) is 5.73 Å². The van der Waals surface area contributed by atoms with Gasteiger partial charge in [0.2, 0.25) is 5.91 Å². The molecule has 0 aliphatic heterocycles. The summed E-state index contributed by atoms with van der Waals surface area (Å²) in [5.41, 5.74) is 9.64. The molecule has 8 heteroatoms. The smallest absolute Gasteiger partial charge is 0.341 e. The molecular formula is C32H24N2O5S. The number of amides is 1. The lowest BCUT2D eigenvalue weighted by Crippen LogP contribution is -2.11. The number of carbonyl (C=O) groups excluding carboxylic acids is 1. The van der Waals surface area contributed by atoms with Crippen molar-refractivity contribution in [2.45, 2.75) is 6.54 Å². The predicted octanol–water partition coefficient (Wildman–Crippen LogP) is 6.93. The van der Waals surface area contributed by atoms with Gasteiger partial charge in [0.15, 0.2) is 6.61 Å². The number of thiophene rings is 1. The number of nitrogens with two attached hydrogens (primary N) is 1. The number of aliphatic carboxylic acids is 1. The van der Waals surface area contributed by atoms with E-state index in [1.54, 1.807) is 23.5 Å². The zero-order valence-electron chi connectivity index (χ0n) is 21.2. The van der Waals surface area contributed by atoms with Crippen LogP contribution in [0.3, 0.4) is 0 Å². The minimum absolute atomic E-state index is 0.344. The van der Waals surface area contributed by atoms with Gasteiger partial charge in [0, 0.05) is 22.4 Å². The number of carboxylic acids is 1. The lowest BCUT2D eigenvalue weighted by Gasteiger charge is -2.12. The molecule has 2 heterocycles. The van der Waals surface area contributed by atoms with Crippen LogP contribution in [0.4, 0.5) is 0 Å². The van der Waals surface area contributed by atoms with Gasteiger partial charge >= 0.3 is 5.97 Å². The molecule has 198 valence electrons. The van der Waals surface area contributed by atoms with E-state index >= 15 is 0 Å². The first-order chi connectivity index (χ1) is 19.5. The van der Waals surface area contributed by atoms with Crippen LogP contribution < -0.4 is 15.2 Å². The van der Waals surface area contributed by atoms with Crippen LogP contribution in [0.15, 0.2) is 102 Å². The van der Waals surface area contributed by atoms with Gasteiger partial charge in [-0.2, -0.15) is 0 Å². The van der Waals surface area contributed by atoms with Gasteiger partial charge in [0.05, 0.1) is 16.4 Å². The molecule has 0 unspecified atom stereocenters. The summed E-state index contributed by atoms with van der Waals surface area (Å²) >= 11 is 1.58. The fraction of sp³-hybridized carbons (Fsp3) is 0.0625. The van der Waals surface area contributed by atoms with Crippen molar-refractivity contribution < 1.29 is 24.2 Å². The lowest BCUT2D eigenvalue weighted by atomic mass is 10.0. The first kappa shape index (κ1) is 25.2. The Kier molecular flexibility index (Phi) is 6.67. The van der Waals surface area contributed by atoms with E-state index in [4.69, 9.17) is 15.2 Å². The molecule has 7 nitrogen and oxygen atoms in total. The Hall–Kier alpha value is -5.08. The van der Waals surface area contributed by atoms with Crippen LogP contribution in [-0.4, -0.2) is 28.2 Å². The van der Waals surface area contributed by atoms with Crippen LogP contribution >= 0.6 is 11.3 Å². The molecule has 40 heavy (non-hydrogen) atoms. The number of carbonyl (C=O) groups is 2. The highest BCUT2D eigenvalue weighted by molar-refractivity contribution is 7.13. The topological polar surface area (TPSA) is 104 Å². The van der Waals surface area contributed by atoms with E-state index in [2.05, 4.69) is 4.57 Å². The Morgan fingerprint density at radius 2 is 1.60 bits per heavy atom. The van der Waals surface area contributed by atoms with Crippen LogP contribution in [0.1, 0.15) is 15.9 Å². The van der Waals surface area contributed by atoms with Gasteiger partial charge in [-0.15, -0.1) is 11.3 Å². The average Bonchev–Trinajstić information content (AvgIpc) is 3.60. The molecule has 0 fully saturated rings. The van der Waals surface area contributed by atoms with Crippen LogP contribution in [0.2, 0.25) is 0 Å². The van der Waals surface area contributed by atoms with Crippen LogP contribution in [0, 0.1) is 0 Å². The largest absolute Gasteiger partial charge is 0.481 e. The molecule has 0 bridgehead atoms. The summed E-state index contributed by atoms with van der Waals surface area (Å²) in [6.45, 7) is -0.0304. The van der Waals surface area contributed by atoms with E-state index in [-0.39, 0.29) is 0 Å². The highest BCUT2D eigenvalue weighted by Crippen LogP contribution is 2.42. The number of hydrogen-bond donors (Lipinski definition) is 2. The summed E-state index contributed by atoms with van der Waals surface area (Å²) in [5, 5.41) is 12.6. The molecule has 0 saturated carbocycles. The van der Waals surface area contributed by atoms with Gasteiger partial charge in [-0.05, 0) is 71.1 Å². The van der Waals surface area contributed by atoms with Crippen molar-refractivity contribution >= 4 is 45.0 Å². The molecule has 4 aromatic carbocycles. The quantitative estimate of drug-likeness (QED) is 0.204. The summed E-state index contributed by atoms with van der Waals surface area (Å²) in [4.78, 5) is 25.0. The monoisotopic (exact) mass is 548 g/mol. The summed E-state index contributed by atoms with van der Waals surface area (Å²) in [6.07, 6.45) is 0. The normalized spacial score (nSPS) is 11.1. The third kappa shape index (κ3) is 4.88. The maximum atomic E-state index is 12.5. The zero-order chi connectivity index (χ0) is 27.6. The molecule has 0 spiro atoms. The number of primary amides is 1. The zero-order valence-corrected chi connectivity index (χ0v) is 22.1. The van der Waals surface area contributed by atoms with Gasteiger partial charge in [-0.25, -0.2) is 4.79 Å². The van der Waals surface area contributed by atoms with Crippen molar-refractivity contribution in [3.05, 3.63) is 114 Å². The average molecular weight is 549 g/mol. The second-order valence-electron chi connectivity index (χ2n) is 9.24. The minimum atomic E-state index is -1.09. The Labute approximate surface area is 233 Å². The van der Waals surface area contributed by atoms with E-state index in [0.717, 1.165) is 38.5 Å². The summed E-state index contributed by atoms with van der Waals surface area (Å²) in [6, 6.07) is 30.7. The van der Waals surface area contributed by atoms with Crippen molar-refractivity contribution in [2.75, 3.05) is 6.61 Å². The Morgan fingerprint density at radius 3 is 2.30 bits per heavy atom. The SMILES string of the molecule is NC(=O)c1cccc2c1c1c(OCC(=O)O)cc(-c3cccs3)cc1n2Cc1ccc(Oc2ccccc2)cc1. The maximum absolute atomic E-state index is 12.5. The number of para-hydroxylation sites is 1. The van der Waals surface area contributed by atoms with E-state index in [0.29, 0.717) is 28.6 Å². The summed E-state index contributed by atoms with van der Waals surface area (Å²) in [5.74, 6) is 0.196. The first-order valence-corrected chi connectivity index (χ1v) is 13.4. The molecule has 0 saturated heterocycles. The number of hydrogen-bond acceptors (Lipinski definition) is 5. The van der Waals surface area contributed by atoms with Gasteiger partial charge in [-0.1, -0.05) is 42.5 Å². The molecule has 6 aromatic rings. The number of rotatable bonds is 9. The van der Waals surface area contributed by atoms with Crippen LogP contribution in [0.25, 0.3) is 32.2 Å². The number of nitrogens with zero attached hydrogens (tertiary/aromatic N) is 1. The fourth-order valence-electron chi connectivity index (χ4n) is 4.91. The number of benzene rings is 4. The Balaban J connectivity index is 1.51. The molecular weight excluding hydrogens is 524 g/mol. The fourth-order valence-corrected chi connectivity index (χ4v) is 5.62. The number of aromatic nitrogens is 1. The number of carboxylic acid groups (broad SMARTS) is 1. The number of ether oxygens (including phenoxy) is 2. The second-order valence-corrected chi connectivity index (χ2v) is 10.2. The molecule has 1 amide bonds. The Bertz CT molecular complexity index is 1840. The highest BCUT2D eigenvalue weighted by Gasteiger charge is 2.22. The molecule has 0 aliphatic rings. The summed E-state index contributed by atoms with van der Waals surface area (Å²) < 4.78 is 13.9. The molecule has 2 aromatic heterocycles. The maximum Gasteiger partial charge on any atom is 0.341 e. The molecule has 3 N–H and O–H groups in total. The van der Waals surface area contributed by atoms with Crippen molar-refractivity contribution in [1.29, 1.82) is 0 Å². The third-order valence-corrected chi connectivity index (χ3v) is 7.54. The van der Waals surface area contributed by atoms with Crippen molar-refractivity contribution in [3.63, 3.8) is 0 Å². The highest BCUT2D eigenvalue weighted by atomic mass is 32.1. The first-order valence-electron chi connectivity index (χ1n) is 12.6. The van der Waals surface area contributed by atoms with Gasteiger partial charge in [0.1, 0.15) is 17.2 Å². The Morgan fingerprint density at radius 1 is 0.825 bits per heavy atom. The molecule has 6 rings (SSSR count). The van der Waals surface area contributed by atoms with E-state index in [1.807, 2.05) is 90.3 Å². The van der Waals surface area contributed by atoms with Crippen molar-refractivity contribution in [1.82, 2.24) is 4.57 Å². The van der Waals surface area contributed by atoms with Crippen LogP contribution in [0.5, 0.6) is 17.2 Å². The van der Waals surface area contributed by atoms with E-state index in [9.17, 15) is 14.7 Å². The van der Waals surface area contributed by atoms with Crippen LogP contribution in [-0.2, 0) is 11.3 Å². The van der Waals surface area contributed by atoms with E-state index < -0.39 is 18.5 Å². The molecule has 0 atom stereocenters. The molecule has 0 radical (unpaired) electrons. The predicted molar refractivity (Wildman–Crippen MR) is 156 cm³/mol. The van der Waals surface area contributed by atoms with E-state index in [1.165, 1.54) is 0 Å². The molecule has 0 aliphatic carbocycles. The minimum Gasteiger partial charge on any atom is -0.481 e. The van der Waals surface area contributed by atoms with Gasteiger partial charge < -0.3 is 24.9 Å².